The lowest BCUT2D eigenvalue weighted by molar-refractivity contribution is -0.144. The van der Waals surface area contributed by atoms with Gasteiger partial charge in [0.2, 0.25) is 0 Å². The van der Waals surface area contributed by atoms with Crippen LogP contribution in [0.25, 0.3) is 0 Å². The van der Waals surface area contributed by atoms with Gasteiger partial charge in [0.15, 0.2) is 11.4 Å². The number of likely N-dealkylation sites (N-methyl/N-ethyl adjacent to an activating group) is 1. The topological polar surface area (TPSA) is 49.9 Å². The minimum Gasteiger partial charge on any atom is -0.343 e. The zero-order chi connectivity index (χ0) is 17.4. The van der Waals surface area contributed by atoms with Gasteiger partial charge in [-0.2, -0.15) is 0 Å². The number of nitrogens with zero attached hydrogens (tertiary/aromatic N) is 2. The first-order valence-corrected chi connectivity index (χ1v) is 8.49. The van der Waals surface area contributed by atoms with Crippen molar-refractivity contribution in [1.82, 2.24) is 4.90 Å². The van der Waals surface area contributed by atoms with E-state index in [-0.39, 0.29) is 11.7 Å². The fraction of sp³-hybridized carbons (Fsp3) is 0.300. The van der Waals surface area contributed by atoms with Gasteiger partial charge in [-0.15, -0.1) is 0 Å². The average molecular weight is 336 g/mol. The Bertz CT molecular complexity index is 793. The lowest BCUT2D eigenvalue weighted by Gasteiger charge is -2.25. The molecule has 0 aromatic heterocycles. The molecule has 25 heavy (non-hydrogen) atoms. The van der Waals surface area contributed by atoms with Crippen LogP contribution in [0.1, 0.15) is 23.2 Å². The van der Waals surface area contributed by atoms with E-state index in [1.165, 1.54) is 0 Å². The van der Waals surface area contributed by atoms with E-state index < -0.39 is 11.6 Å². The van der Waals surface area contributed by atoms with Crippen molar-refractivity contribution in [3.05, 3.63) is 66.2 Å². The number of ketones is 1. The van der Waals surface area contributed by atoms with Crippen molar-refractivity contribution in [2.75, 3.05) is 18.7 Å². The SMILES string of the molecule is CN1CCC2(CC(C(=O)c3ccccc3)N(c3ccccc3)O2)C1=O. The second-order valence-electron chi connectivity index (χ2n) is 6.67. The van der Waals surface area contributed by atoms with Crippen LogP contribution < -0.4 is 5.06 Å². The molecule has 0 aliphatic carbocycles. The minimum atomic E-state index is -0.931. The van der Waals surface area contributed by atoms with E-state index in [0.717, 1.165) is 5.69 Å². The Morgan fingerprint density at radius 1 is 1.08 bits per heavy atom. The van der Waals surface area contributed by atoms with Gasteiger partial charge in [-0.1, -0.05) is 48.5 Å². The Hall–Kier alpha value is -2.66. The molecule has 2 aromatic carbocycles. The summed E-state index contributed by atoms with van der Waals surface area (Å²) in [7, 11) is 1.78. The number of amides is 1. The monoisotopic (exact) mass is 336 g/mol. The number of hydrogen-bond donors (Lipinski definition) is 0. The van der Waals surface area contributed by atoms with E-state index in [4.69, 9.17) is 4.84 Å². The van der Waals surface area contributed by atoms with Crippen molar-refractivity contribution >= 4 is 17.4 Å². The van der Waals surface area contributed by atoms with Crippen LogP contribution in [0.5, 0.6) is 0 Å². The summed E-state index contributed by atoms with van der Waals surface area (Å²) in [5.41, 5.74) is 0.489. The number of carbonyl (C=O) groups excluding carboxylic acids is 2. The second kappa shape index (κ2) is 6.01. The highest BCUT2D eigenvalue weighted by molar-refractivity contribution is 6.03. The quantitative estimate of drug-likeness (QED) is 0.809. The molecule has 4 rings (SSSR count). The van der Waals surface area contributed by atoms with E-state index in [1.807, 2.05) is 48.5 Å². The molecule has 2 aromatic rings. The molecule has 2 saturated heterocycles. The van der Waals surface area contributed by atoms with Gasteiger partial charge in [0.05, 0.1) is 5.69 Å². The van der Waals surface area contributed by atoms with Gasteiger partial charge < -0.3 is 4.90 Å². The Labute approximate surface area is 146 Å². The molecular formula is C20H20N2O3. The van der Waals surface area contributed by atoms with E-state index in [1.54, 1.807) is 29.1 Å². The molecule has 2 fully saturated rings. The summed E-state index contributed by atoms with van der Waals surface area (Å²) in [5.74, 6) is -0.0690. The Balaban J connectivity index is 1.72. The molecule has 5 heteroatoms. The molecule has 0 bridgehead atoms. The standard InChI is InChI=1S/C20H20N2O3/c1-21-13-12-20(19(21)24)14-17(18(23)15-8-4-2-5-9-15)22(25-20)16-10-6-3-7-11-16/h2-11,17H,12-14H2,1H3. The molecule has 0 saturated carbocycles. The van der Waals surface area contributed by atoms with Crippen LogP contribution in [0.2, 0.25) is 0 Å². The largest absolute Gasteiger partial charge is 0.343 e. The Morgan fingerprint density at radius 2 is 1.72 bits per heavy atom. The first-order chi connectivity index (χ1) is 12.1. The molecular weight excluding hydrogens is 316 g/mol. The molecule has 128 valence electrons. The van der Waals surface area contributed by atoms with Crippen molar-refractivity contribution in [2.24, 2.45) is 0 Å². The summed E-state index contributed by atoms with van der Waals surface area (Å²) in [5, 5.41) is 1.63. The summed E-state index contributed by atoms with van der Waals surface area (Å²) in [6.45, 7) is 0.647. The summed E-state index contributed by atoms with van der Waals surface area (Å²) in [4.78, 5) is 33.6. The first-order valence-electron chi connectivity index (χ1n) is 8.49. The van der Waals surface area contributed by atoms with Crippen molar-refractivity contribution < 1.29 is 14.4 Å². The van der Waals surface area contributed by atoms with Crippen LogP contribution in [0.15, 0.2) is 60.7 Å². The van der Waals surface area contributed by atoms with E-state index in [2.05, 4.69) is 0 Å². The maximum absolute atomic E-state index is 13.1. The van der Waals surface area contributed by atoms with Crippen LogP contribution in [-0.4, -0.2) is 41.8 Å². The third-order valence-corrected chi connectivity index (χ3v) is 5.04. The number of para-hydroxylation sites is 1. The lowest BCUT2D eigenvalue weighted by atomic mass is 9.90. The number of rotatable bonds is 3. The predicted molar refractivity (Wildman–Crippen MR) is 94.2 cm³/mol. The number of carbonyl (C=O) groups is 2. The van der Waals surface area contributed by atoms with Gasteiger partial charge >= 0.3 is 0 Å². The van der Waals surface area contributed by atoms with Gasteiger partial charge in [-0.3, -0.25) is 14.4 Å². The highest BCUT2D eigenvalue weighted by Crippen LogP contribution is 2.42. The lowest BCUT2D eigenvalue weighted by Crippen LogP contribution is -2.39. The van der Waals surface area contributed by atoms with Crippen LogP contribution in [0.4, 0.5) is 5.69 Å². The Morgan fingerprint density at radius 3 is 2.32 bits per heavy atom. The van der Waals surface area contributed by atoms with E-state index >= 15 is 0 Å². The molecule has 0 N–H and O–H groups in total. The predicted octanol–water partition coefficient (Wildman–Crippen LogP) is 2.68. The number of likely N-dealkylation sites (tertiary alicyclic amines) is 1. The van der Waals surface area contributed by atoms with Crippen molar-refractivity contribution in [1.29, 1.82) is 0 Å². The number of anilines is 1. The molecule has 2 unspecified atom stereocenters. The van der Waals surface area contributed by atoms with Crippen LogP contribution in [0, 0.1) is 0 Å². The third-order valence-electron chi connectivity index (χ3n) is 5.04. The average Bonchev–Trinajstić information content (AvgIpc) is 3.19. The minimum absolute atomic E-state index is 0.0244. The highest BCUT2D eigenvalue weighted by Gasteiger charge is 2.57. The molecule has 1 amide bonds. The van der Waals surface area contributed by atoms with Crippen LogP contribution in [-0.2, 0) is 9.63 Å². The molecule has 2 aliphatic heterocycles. The van der Waals surface area contributed by atoms with Crippen molar-refractivity contribution in [3.63, 3.8) is 0 Å². The van der Waals surface area contributed by atoms with Gasteiger partial charge in [-0.25, -0.2) is 5.06 Å². The normalized spacial score (nSPS) is 25.8. The zero-order valence-electron chi connectivity index (χ0n) is 14.1. The number of hydroxylamine groups is 1. The van der Waals surface area contributed by atoms with E-state index in [9.17, 15) is 9.59 Å². The molecule has 5 nitrogen and oxygen atoms in total. The highest BCUT2D eigenvalue weighted by atomic mass is 16.7. The van der Waals surface area contributed by atoms with E-state index in [0.29, 0.717) is 24.9 Å². The molecule has 2 aliphatic rings. The maximum Gasteiger partial charge on any atom is 0.257 e. The number of benzene rings is 2. The van der Waals surface area contributed by atoms with Crippen molar-refractivity contribution in [3.8, 4) is 0 Å². The van der Waals surface area contributed by atoms with Gasteiger partial charge in [0.25, 0.3) is 5.91 Å². The second-order valence-corrected chi connectivity index (χ2v) is 6.67. The molecule has 1 spiro atoms. The van der Waals surface area contributed by atoms with Gasteiger partial charge in [0, 0.05) is 32.0 Å². The summed E-state index contributed by atoms with van der Waals surface area (Å²) < 4.78 is 0. The zero-order valence-corrected chi connectivity index (χ0v) is 14.1. The van der Waals surface area contributed by atoms with Crippen LogP contribution >= 0.6 is 0 Å². The molecule has 0 radical (unpaired) electrons. The fourth-order valence-electron chi connectivity index (χ4n) is 3.66. The fourth-order valence-corrected chi connectivity index (χ4v) is 3.66. The maximum atomic E-state index is 13.1. The van der Waals surface area contributed by atoms with Gasteiger partial charge in [-0.05, 0) is 12.1 Å². The number of hydrogen-bond acceptors (Lipinski definition) is 4. The smallest absolute Gasteiger partial charge is 0.257 e. The Kier molecular flexibility index (Phi) is 3.81. The van der Waals surface area contributed by atoms with Crippen molar-refractivity contribution in [2.45, 2.75) is 24.5 Å². The molecule has 2 atom stereocenters. The molecule has 2 heterocycles. The summed E-state index contributed by atoms with van der Waals surface area (Å²) in [6.07, 6.45) is 0.975. The van der Waals surface area contributed by atoms with Crippen LogP contribution in [0.3, 0.4) is 0 Å². The summed E-state index contributed by atoms with van der Waals surface area (Å²) in [6, 6.07) is 18.2. The summed E-state index contributed by atoms with van der Waals surface area (Å²) >= 11 is 0. The first kappa shape index (κ1) is 15.8. The third kappa shape index (κ3) is 2.61. The number of Topliss-reactive ketones (excluding diaryl/α,β-unsaturated/α-hetero) is 1. The van der Waals surface area contributed by atoms with Gasteiger partial charge in [0.1, 0.15) is 6.04 Å².